The van der Waals surface area contributed by atoms with Crippen LogP contribution in [-0.2, 0) is 11.8 Å². The highest BCUT2D eigenvalue weighted by Gasteiger charge is 2.15. The number of nitrogens with zero attached hydrogens (tertiary/aromatic N) is 3. The van der Waals surface area contributed by atoms with Gasteiger partial charge >= 0.3 is 6.09 Å². The van der Waals surface area contributed by atoms with E-state index >= 15 is 0 Å². The molecule has 1 aromatic carbocycles. The van der Waals surface area contributed by atoms with Gasteiger partial charge in [-0.05, 0) is 65.2 Å². The van der Waals surface area contributed by atoms with E-state index in [0.717, 1.165) is 30.3 Å². The molecule has 0 aliphatic heterocycles. The minimum Gasteiger partial charge on any atom is -0.444 e. The molecule has 2 N–H and O–H groups in total. The normalized spacial score (nSPS) is 12.6. The SMILES string of the molecule is C[C@@H](CCCCNC(=O)OC(C)(C)C)NC(=O)c1ccc2nnn(C)c2c1. The monoisotopic (exact) mass is 375 g/mol. The number of benzene rings is 1. The lowest BCUT2D eigenvalue weighted by atomic mass is 10.1. The first kappa shape index (κ1) is 20.7. The van der Waals surface area contributed by atoms with Crippen molar-refractivity contribution < 1.29 is 14.3 Å². The topological polar surface area (TPSA) is 98.1 Å². The molecule has 8 heteroatoms. The highest BCUT2D eigenvalue weighted by molar-refractivity contribution is 5.97. The Balaban J connectivity index is 1.70. The van der Waals surface area contributed by atoms with Crippen LogP contribution in [0.2, 0.25) is 0 Å². The first-order valence-corrected chi connectivity index (χ1v) is 9.23. The number of ether oxygens (including phenoxy) is 1. The molecule has 27 heavy (non-hydrogen) atoms. The quantitative estimate of drug-likeness (QED) is 0.725. The van der Waals surface area contributed by atoms with Crippen LogP contribution in [0.15, 0.2) is 18.2 Å². The van der Waals surface area contributed by atoms with Gasteiger partial charge in [-0.25, -0.2) is 9.48 Å². The van der Waals surface area contributed by atoms with Gasteiger partial charge in [0.2, 0.25) is 0 Å². The second-order valence-electron chi connectivity index (χ2n) is 7.72. The minimum atomic E-state index is -0.489. The summed E-state index contributed by atoms with van der Waals surface area (Å²) in [4.78, 5) is 24.0. The molecule has 0 saturated heterocycles. The molecule has 1 atom stereocenters. The van der Waals surface area contributed by atoms with Crippen LogP contribution >= 0.6 is 0 Å². The van der Waals surface area contributed by atoms with Crippen LogP contribution in [0, 0.1) is 0 Å². The van der Waals surface area contributed by atoms with Gasteiger partial charge < -0.3 is 15.4 Å². The van der Waals surface area contributed by atoms with Crippen LogP contribution in [0.4, 0.5) is 4.79 Å². The van der Waals surface area contributed by atoms with Gasteiger partial charge in [0, 0.05) is 25.2 Å². The molecule has 1 heterocycles. The second kappa shape index (κ2) is 8.83. The van der Waals surface area contributed by atoms with Crippen LogP contribution in [0.1, 0.15) is 57.3 Å². The number of fused-ring (bicyclic) bond motifs is 1. The van der Waals surface area contributed by atoms with Crippen LogP contribution in [0.5, 0.6) is 0 Å². The number of hydrogen-bond donors (Lipinski definition) is 2. The third kappa shape index (κ3) is 6.54. The summed E-state index contributed by atoms with van der Waals surface area (Å²) in [6.45, 7) is 8.03. The molecule has 2 aromatic rings. The van der Waals surface area contributed by atoms with E-state index in [1.165, 1.54) is 0 Å². The summed E-state index contributed by atoms with van der Waals surface area (Å²) in [5.41, 5.74) is 1.69. The molecule has 0 bridgehead atoms. The summed E-state index contributed by atoms with van der Waals surface area (Å²) in [7, 11) is 1.80. The third-order valence-electron chi connectivity index (χ3n) is 3.98. The molecule has 2 amide bonds. The van der Waals surface area contributed by atoms with E-state index in [1.54, 1.807) is 29.9 Å². The van der Waals surface area contributed by atoms with E-state index in [4.69, 9.17) is 4.74 Å². The Morgan fingerprint density at radius 1 is 1.26 bits per heavy atom. The number of carbonyl (C=O) groups is 2. The summed E-state index contributed by atoms with van der Waals surface area (Å²) in [6.07, 6.45) is 2.15. The predicted molar refractivity (Wildman–Crippen MR) is 104 cm³/mol. The standard InChI is InChI=1S/C19H29N5O3/c1-13(8-6-7-11-20-18(26)27-19(2,3)4)21-17(25)14-9-10-15-16(12-14)24(5)23-22-15/h9-10,12-13H,6-8,11H2,1-5H3,(H,20,26)(H,21,25)/t13-/m0/s1. The number of carbonyl (C=O) groups excluding carboxylic acids is 2. The maximum Gasteiger partial charge on any atom is 0.407 e. The molecule has 0 fully saturated rings. The lowest BCUT2D eigenvalue weighted by Gasteiger charge is -2.19. The van der Waals surface area contributed by atoms with Crippen molar-refractivity contribution in [2.45, 2.75) is 58.6 Å². The van der Waals surface area contributed by atoms with Gasteiger partial charge in [-0.2, -0.15) is 0 Å². The number of alkyl carbamates (subject to hydrolysis) is 1. The van der Waals surface area contributed by atoms with Crippen LogP contribution < -0.4 is 10.6 Å². The predicted octanol–water partition coefficient (Wildman–Crippen LogP) is 2.78. The summed E-state index contributed by atoms with van der Waals surface area (Å²) < 4.78 is 6.83. The molecule has 0 spiro atoms. The van der Waals surface area contributed by atoms with E-state index in [0.29, 0.717) is 12.1 Å². The fraction of sp³-hybridized carbons (Fsp3) is 0.579. The molecular formula is C19H29N5O3. The lowest BCUT2D eigenvalue weighted by Crippen LogP contribution is -2.34. The average Bonchev–Trinajstić information content (AvgIpc) is 2.93. The zero-order valence-electron chi connectivity index (χ0n) is 16.7. The van der Waals surface area contributed by atoms with Crippen LogP contribution in [-0.4, -0.2) is 45.2 Å². The molecule has 0 aliphatic rings. The number of aromatic nitrogens is 3. The van der Waals surface area contributed by atoms with Crippen molar-refractivity contribution in [1.82, 2.24) is 25.6 Å². The summed E-state index contributed by atoms with van der Waals surface area (Å²) in [5.74, 6) is -0.113. The Morgan fingerprint density at radius 2 is 2.00 bits per heavy atom. The third-order valence-corrected chi connectivity index (χ3v) is 3.98. The number of nitrogens with one attached hydrogen (secondary N) is 2. The van der Waals surface area contributed by atoms with Gasteiger partial charge in [-0.3, -0.25) is 4.79 Å². The van der Waals surface area contributed by atoms with Crippen molar-refractivity contribution in [2.75, 3.05) is 6.54 Å². The zero-order valence-corrected chi connectivity index (χ0v) is 16.7. The number of unbranched alkanes of at least 4 members (excludes halogenated alkanes) is 1. The molecule has 0 radical (unpaired) electrons. The van der Waals surface area contributed by atoms with E-state index in [-0.39, 0.29) is 11.9 Å². The van der Waals surface area contributed by atoms with Crippen molar-refractivity contribution >= 4 is 23.0 Å². The lowest BCUT2D eigenvalue weighted by molar-refractivity contribution is 0.0527. The first-order chi connectivity index (χ1) is 12.7. The fourth-order valence-electron chi connectivity index (χ4n) is 2.63. The summed E-state index contributed by atoms with van der Waals surface area (Å²) in [6, 6.07) is 5.38. The molecule has 8 nitrogen and oxygen atoms in total. The zero-order chi connectivity index (χ0) is 20.0. The van der Waals surface area contributed by atoms with E-state index in [1.807, 2.05) is 27.7 Å². The van der Waals surface area contributed by atoms with Gasteiger partial charge in [-0.1, -0.05) is 5.21 Å². The minimum absolute atomic E-state index is 0.0411. The summed E-state index contributed by atoms with van der Waals surface area (Å²) in [5, 5.41) is 13.7. The van der Waals surface area contributed by atoms with Crippen molar-refractivity contribution in [1.29, 1.82) is 0 Å². The largest absolute Gasteiger partial charge is 0.444 e. The van der Waals surface area contributed by atoms with Gasteiger partial charge in [0.15, 0.2) is 0 Å². The van der Waals surface area contributed by atoms with Crippen molar-refractivity contribution in [3.63, 3.8) is 0 Å². The molecule has 0 aliphatic carbocycles. The molecule has 1 aromatic heterocycles. The molecular weight excluding hydrogens is 346 g/mol. The van der Waals surface area contributed by atoms with Gasteiger partial charge in [0.25, 0.3) is 5.91 Å². The Hall–Kier alpha value is -2.64. The number of rotatable bonds is 7. The Morgan fingerprint density at radius 3 is 2.70 bits per heavy atom. The Kier molecular flexibility index (Phi) is 6.76. The van der Waals surface area contributed by atoms with E-state index in [9.17, 15) is 9.59 Å². The summed E-state index contributed by atoms with van der Waals surface area (Å²) >= 11 is 0. The van der Waals surface area contributed by atoms with E-state index in [2.05, 4.69) is 20.9 Å². The Bertz CT molecular complexity index is 794. The second-order valence-corrected chi connectivity index (χ2v) is 7.72. The Labute approximate surface area is 159 Å². The highest BCUT2D eigenvalue weighted by atomic mass is 16.6. The van der Waals surface area contributed by atoms with Gasteiger partial charge in [-0.15, -0.1) is 5.10 Å². The number of hydrogen-bond acceptors (Lipinski definition) is 5. The number of aryl methyl sites for hydroxylation is 1. The molecule has 148 valence electrons. The average molecular weight is 375 g/mol. The van der Waals surface area contributed by atoms with Gasteiger partial charge in [0.1, 0.15) is 11.1 Å². The van der Waals surface area contributed by atoms with Crippen molar-refractivity contribution in [3.05, 3.63) is 23.8 Å². The smallest absolute Gasteiger partial charge is 0.407 e. The number of amides is 2. The van der Waals surface area contributed by atoms with E-state index < -0.39 is 11.7 Å². The maximum absolute atomic E-state index is 12.4. The van der Waals surface area contributed by atoms with Crippen molar-refractivity contribution in [3.8, 4) is 0 Å². The molecule has 0 unspecified atom stereocenters. The van der Waals surface area contributed by atoms with Crippen LogP contribution in [0.25, 0.3) is 11.0 Å². The maximum atomic E-state index is 12.4. The van der Waals surface area contributed by atoms with Crippen LogP contribution in [0.3, 0.4) is 0 Å². The highest BCUT2D eigenvalue weighted by Crippen LogP contribution is 2.13. The first-order valence-electron chi connectivity index (χ1n) is 9.23. The molecule has 2 rings (SSSR count). The van der Waals surface area contributed by atoms with Gasteiger partial charge in [0.05, 0.1) is 5.52 Å². The van der Waals surface area contributed by atoms with Crippen molar-refractivity contribution in [2.24, 2.45) is 7.05 Å². The fourth-order valence-corrected chi connectivity index (χ4v) is 2.63. The molecule has 0 saturated carbocycles.